The van der Waals surface area contributed by atoms with Crippen LogP contribution in [0.15, 0.2) is 78.4 Å². The Labute approximate surface area is 192 Å². The number of nitrogens with one attached hydrogen (secondary N) is 1. The second-order valence-electron chi connectivity index (χ2n) is 7.25. The maximum atomic E-state index is 12.7. The van der Waals surface area contributed by atoms with Crippen LogP contribution in [0, 0.1) is 10.1 Å². The number of benzene rings is 3. The number of amides is 2. The van der Waals surface area contributed by atoms with Gasteiger partial charge in [0.25, 0.3) is 11.8 Å². The fourth-order valence-electron chi connectivity index (χ4n) is 3.33. The number of carboxylic acids is 1. The minimum atomic E-state index is -1.10. The zero-order valence-corrected chi connectivity index (χ0v) is 17.5. The van der Waals surface area contributed by atoms with Crippen molar-refractivity contribution < 1.29 is 29.2 Å². The summed E-state index contributed by atoms with van der Waals surface area (Å²) in [4.78, 5) is 47.1. The molecule has 0 bridgehead atoms. The lowest BCUT2D eigenvalue weighted by atomic mass is 10.1. The van der Waals surface area contributed by atoms with Crippen LogP contribution in [-0.4, -0.2) is 27.8 Å². The van der Waals surface area contributed by atoms with Crippen LogP contribution in [0.3, 0.4) is 0 Å². The van der Waals surface area contributed by atoms with Crippen molar-refractivity contribution >= 4 is 35.2 Å². The molecular formula is C24H17N3O7. The van der Waals surface area contributed by atoms with Crippen LogP contribution in [0.1, 0.15) is 21.5 Å². The van der Waals surface area contributed by atoms with E-state index in [4.69, 9.17) is 9.84 Å². The second-order valence-corrected chi connectivity index (χ2v) is 7.25. The first-order chi connectivity index (χ1) is 16.3. The number of nitrogens with zero attached hydrogens (tertiary/aromatic N) is 2. The van der Waals surface area contributed by atoms with Gasteiger partial charge in [-0.15, -0.1) is 0 Å². The molecule has 10 heteroatoms. The minimum Gasteiger partial charge on any atom is -0.482 e. The largest absolute Gasteiger partial charge is 0.482 e. The third-order valence-electron chi connectivity index (χ3n) is 4.96. The van der Waals surface area contributed by atoms with Gasteiger partial charge in [-0.2, -0.15) is 0 Å². The number of carboxylic acid groups (broad SMARTS) is 1. The Morgan fingerprint density at radius 2 is 1.82 bits per heavy atom. The molecule has 0 unspecified atom stereocenters. The molecule has 10 nitrogen and oxygen atoms in total. The number of nitro benzene ring substituents is 1. The lowest BCUT2D eigenvalue weighted by Crippen LogP contribution is -2.35. The predicted octanol–water partition coefficient (Wildman–Crippen LogP) is 3.33. The van der Waals surface area contributed by atoms with E-state index in [-0.39, 0.29) is 34.7 Å². The van der Waals surface area contributed by atoms with Gasteiger partial charge < -0.3 is 9.84 Å². The number of hydrazine groups is 1. The zero-order valence-electron chi connectivity index (χ0n) is 17.5. The summed E-state index contributed by atoms with van der Waals surface area (Å²) in [6.07, 6.45) is 1.27. The Kier molecular flexibility index (Phi) is 6.04. The zero-order chi connectivity index (χ0) is 24.2. The highest BCUT2D eigenvalue weighted by Gasteiger charge is 2.34. The SMILES string of the molecule is O=C1NN(c2ccccc2)C(=O)C1=Cc1ccc(OCc2cccc(C(=O)O)c2)c([N+](=O)[O-])c1. The maximum absolute atomic E-state index is 12.7. The van der Waals surface area contributed by atoms with Crippen LogP contribution in [0.25, 0.3) is 6.08 Å². The molecule has 1 aliphatic rings. The number of hydrogen-bond donors (Lipinski definition) is 2. The highest BCUT2D eigenvalue weighted by molar-refractivity contribution is 6.31. The number of carbonyl (C=O) groups is 3. The summed E-state index contributed by atoms with van der Waals surface area (Å²) >= 11 is 0. The molecule has 0 saturated carbocycles. The molecule has 34 heavy (non-hydrogen) atoms. The van der Waals surface area contributed by atoms with Gasteiger partial charge >= 0.3 is 11.7 Å². The topological polar surface area (TPSA) is 139 Å². The molecule has 3 aromatic rings. The number of aromatic carboxylic acids is 1. The molecule has 2 N–H and O–H groups in total. The number of anilines is 1. The van der Waals surface area contributed by atoms with E-state index >= 15 is 0 Å². The Morgan fingerprint density at radius 1 is 1.06 bits per heavy atom. The van der Waals surface area contributed by atoms with Crippen molar-refractivity contribution in [2.24, 2.45) is 0 Å². The Morgan fingerprint density at radius 3 is 2.53 bits per heavy atom. The van der Waals surface area contributed by atoms with E-state index in [1.807, 2.05) is 0 Å². The Bertz CT molecular complexity index is 1340. The van der Waals surface area contributed by atoms with Crippen molar-refractivity contribution in [3.05, 3.63) is 105 Å². The summed E-state index contributed by atoms with van der Waals surface area (Å²) in [5.74, 6) is -2.35. The number of ether oxygens (including phenoxy) is 1. The van der Waals surface area contributed by atoms with E-state index in [1.165, 1.54) is 36.4 Å². The predicted molar refractivity (Wildman–Crippen MR) is 121 cm³/mol. The van der Waals surface area contributed by atoms with E-state index in [1.54, 1.807) is 42.5 Å². The van der Waals surface area contributed by atoms with Crippen LogP contribution < -0.4 is 15.2 Å². The van der Waals surface area contributed by atoms with Crippen molar-refractivity contribution in [1.82, 2.24) is 5.43 Å². The normalized spacial score (nSPS) is 14.2. The summed E-state index contributed by atoms with van der Waals surface area (Å²) in [6, 6.07) is 18.6. The van der Waals surface area contributed by atoms with Gasteiger partial charge in [-0.1, -0.05) is 36.4 Å². The standard InChI is InChI=1S/C24H17N3O7/c28-22-19(23(29)26(25-22)18-7-2-1-3-8-18)12-15-9-10-21(20(13-15)27(32)33)34-14-16-5-4-6-17(11-16)24(30)31/h1-13H,14H2,(H,25,28)(H,30,31). The number of rotatable bonds is 7. The van der Waals surface area contributed by atoms with Gasteiger partial charge in [0, 0.05) is 6.07 Å². The van der Waals surface area contributed by atoms with Crippen molar-refractivity contribution in [3.63, 3.8) is 0 Å². The van der Waals surface area contributed by atoms with Gasteiger partial charge in [-0.25, -0.2) is 9.80 Å². The quantitative estimate of drug-likeness (QED) is 0.239. The molecule has 3 aromatic carbocycles. The molecule has 0 aliphatic carbocycles. The minimum absolute atomic E-state index is 0.0407. The first-order valence-electron chi connectivity index (χ1n) is 9.99. The fourth-order valence-corrected chi connectivity index (χ4v) is 3.33. The van der Waals surface area contributed by atoms with E-state index in [0.717, 1.165) is 5.01 Å². The molecule has 0 aromatic heterocycles. The van der Waals surface area contributed by atoms with Gasteiger partial charge in [-0.3, -0.25) is 25.1 Å². The first kappa shape index (κ1) is 22.2. The highest BCUT2D eigenvalue weighted by atomic mass is 16.6. The van der Waals surface area contributed by atoms with Crippen molar-refractivity contribution in [1.29, 1.82) is 0 Å². The summed E-state index contributed by atoms with van der Waals surface area (Å²) in [5, 5.41) is 21.8. The summed E-state index contributed by atoms with van der Waals surface area (Å²) in [6.45, 7) is -0.0880. The molecule has 170 valence electrons. The van der Waals surface area contributed by atoms with Gasteiger partial charge in [0.1, 0.15) is 12.2 Å². The fraction of sp³-hybridized carbons (Fsp3) is 0.0417. The number of hydrogen-bond acceptors (Lipinski definition) is 6. The maximum Gasteiger partial charge on any atom is 0.335 e. The summed E-state index contributed by atoms with van der Waals surface area (Å²) in [5.41, 5.74) is 3.27. The number of para-hydroxylation sites is 1. The van der Waals surface area contributed by atoms with E-state index in [9.17, 15) is 24.5 Å². The molecule has 2 amide bonds. The lowest BCUT2D eigenvalue weighted by Gasteiger charge is -2.13. The Hall–Kier alpha value is -4.99. The van der Waals surface area contributed by atoms with E-state index < -0.39 is 22.7 Å². The third-order valence-corrected chi connectivity index (χ3v) is 4.96. The molecule has 4 rings (SSSR count). The van der Waals surface area contributed by atoms with Crippen LogP contribution >= 0.6 is 0 Å². The van der Waals surface area contributed by atoms with Crippen LogP contribution in [0.4, 0.5) is 11.4 Å². The van der Waals surface area contributed by atoms with Crippen molar-refractivity contribution in [3.8, 4) is 5.75 Å². The van der Waals surface area contributed by atoms with E-state index in [2.05, 4.69) is 5.43 Å². The molecule has 1 heterocycles. The van der Waals surface area contributed by atoms with Gasteiger partial charge in [0.2, 0.25) is 0 Å². The molecule has 0 atom stereocenters. The van der Waals surface area contributed by atoms with Crippen LogP contribution in [0.2, 0.25) is 0 Å². The average Bonchev–Trinajstić information content (AvgIpc) is 3.12. The molecule has 1 saturated heterocycles. The molecule has 1 fully saturated rings. The van der Waals surface area contributed by atoms with Crippen LogP contribution in [0.5, 0.6) is 5.75 Å². The lowest BCUT2D eigenvalue weighted by molar-refractivity contribution is -0.386. The number of nitro groups is 1. The first-order valence-corrected chi connectivity index (χ1v) is 9.99. The Balaban J connectivity index is 1.57. The summed E-state index contributed by atoms with van der Waals surface area (Å²) < 4.78 is 5.55. The smallest absolute Gasteiger partial charge is 0.335 e. The highest BCUT2D eigenvalue weighted by Crippen LogP contribution is 2.30. The van der Waals surface area contributed by atoms with Crippen molar-refractivity contribution in [2.75, 3.05) is 5.01 Å². The average molecular weight is 459 g/mol. The third kappa shape index (κ3) is 4.60. The molecule has 0 spiro atoms. The van der Waals surface area contributed by atoms with Crippen molar-refractivity contribution in [2.45, 2.75) is 6.61 Å². The van der Waals surface area contributed by atoms with Gasteiger partial charge in [0.15, 0.2) is 5.75 Å². The van der Waals surface area contributed by atoms with Crippen LogP contribution in [-0.2, 0) is 16.2 Å². The van der Waals surface area contributed by atoms with Gasteiger partial charge in [0.05, 0.1) is 16.2 Å². The number of carbonyl (C=O) groups excluding carboxylic acids is 2. The second kappa shape index (κ2) is 9.25. The van der Waals surface area contributed by atoms with E-state index in [0.29, 0.717) is 11.3 Å². The summed E-state index contributed by atoms with van der Waals surface area (Å²) in [7, 11) is 0. The molecule has 1 aliphatic heterocycles. The molecular weight excluding hydrogens is 442 g/mol. The molecule has 0 radical (unpaired) electrons. The monoisotopic (exact) mass is 459 g/mol. The van der Waals surface area contributed by atoms with Gasteiger partial charge in [-0.05, 0) is 47.5 Å².